The third kappa shape index (κ3) is 4.35. The second kappa shape index (κ2) is 6.37. The fourth-order valence-corrected chi connectivity index (χ4v) is 1.71. The molecule has 0 spiro atoms. The Bertz CT molecular complexity index is 432. The molecular weight excluding hydrogens is 258 g/mol. The molecule has 0 aromatic heterocycles. The van der Waals surface area contributed by atoms with Crippen LogP contribution in [0.3, 0.4) is 0 Å². The Labute approximate surface area is 109 Å². The van der Waals surface area contributed by atoms with Crippen LogP contribution in [0, 0.1) is 5.92 Å². The number of halogens is 1. The lowest BCUT2D eigenvalue weighted by Crippen LogP contribution is -2.35. The summed E-state index contributed by atoms with van der Waals surface area (Å²) in [4.78, 5) is 21.7. The van der Waals surface area contributed by atoms with Crippen molar-refractivity contribution in [3.05, 3.63) is 34.9 Å². The van der Waals surface area contributed by atoms with Gasteiger partial charge >= 0.3 is 11.9 Å². The highest BCUT2D eigenvalue weighted by molar-refractivity contribution is 6.30. The van der Waals surface area contributed by atoms with Crippen molar-refractivity contribution in [3.63, 3.8) is 0 Å². The molecule has 0 bridgehead atoms. The van der Waals surface area contributed by atoms with E-state index in [1.165, 1.54) is 0 Å². The fourth-order valence-electron chi connectivity index (χ4n) is 1.58. The summed E-state index contributed by atoms with van der Waals surface area (Å²) in [6, 6.07) is 5.58. The highest BCUT2D eigenvalue weighted by Crippen LogP contribution is 2.17. The maximum absolute atomic E-state index is 11.1. The molecule has 0 fully saturated rings. The zero-order chi connectivity index (χ0) is 13.7. The molecular formula is C12H14ClNO4. The molecule has 1 aromatic carbocycles. The molecule has 18 heavy (non-hydrogen) atoms. The van der Waals surface area contributed by atoms with Gasteiger partial charge < -0.3 is 15.9 Å². The van der Waals surface area contributed by atoms with Gasteiger partial charge in [-0.25, -0.2) is 0 Å². The molecule has 2 atom stereocenters. The zero-order valence-corrected chi connectivity index (χ0v) is 10.3. The van der Waals surface area contributed by atoms with E-state index in [9.17, 15) is 9.59 Å². The average molecular weight is 272 g/mol. The lowest BCUT2D eigenvalue weighted by atomic mass is 9.93. The van der Waals surface area contributed by atoms with Crippen molar-refractivity contribution in [1.82, 2.24) is 0 Å². The van der Waals surface area contributed by atoms with Gasteiger partial charge in [-0.2, -0.15) is 0 Å². The van der Waals surface area contributed by atoms with Crippen molar-refractivity contribution in [2.75, 3.05) is 0 Å². The van der Waals surface area contributed by atoms with E-state index in [1.807, 2.05) is 0 Å². The van der Waals surface area contributed by atoms with Gasteiger partial charge in [0, 0.05) is 5.02 Å². The first-order valence-corrected chi connectivity index (χ1v) is 5.73. The maximum atomic E-state index is 11.1. The minimum absolute atomic E-state index is 0.104. The monoisotopic (exact) mass is 271 g/mol. The summed E-state index contributed by atoms with van der Waals surface area (Å²) < 4.78 is 0. The number of benzene rings is 1. The first-order valence-electron chi connectivity index (χ1n) is 5.35. The Balaban J connectivity index is 2.71. The van der Waals surface area contributed by atoms with Crippen LogP contribution in [0.25, 0.3) is 0 Å². The smallest absolute Gasteiger partial charge is 0.320 e. The van der Waals surface area contributed by atoms with Crippen LogP contribution in [0.1, 0.15) is 12.0 Å². The largest absolute Gasteiger partial charge is 0.481 e. The van der Waals surface area contributed by atoms with Gasteiger partial charge in [0.05, 0.1) is 5.92 Å². The highest BCUT2D eigenvalue weighted by Gasteiger charge is 2.24. The van der Waals surface area contributed by atoms with E-state index in [4.69, 9.17) is 27.5 Å². The minimum Gasteiger partial charge on any atom is -0.481 e. The van der Waals surface area contributed by atoms with Crippen LogP contribution >= 0.6 is 11.6 Å². The standard InChI is InChI=1S/C12H14ClNO4/c13-9-3-1-7(2-4-9)5-8(11(15)16)6-10(14)12(17)18/h1-4,8,10H,5-6,14H2,(H,15,16)(H,17,18)/t8-,10-/m1/s1. The molecule has 5 nitrogen and oxygen atoms in total. The van der Waals surface area contributed by atoms with E-state index in [0.717, 1.165) is 5.56 Å². The lowest BCUT2D eigenvalue weighted by molar-refractivity contribution is -0.143. The first kappa shape index (κ1) is 14.5. The summed E-state index contributed by atoms with van der Waals surface area (Å²) in [6.07, 6.45) is 0.126. The number of carbonyl (C=O) groups is 2. The number of carboxylic acid groups (broad SMARTS) is 2. The SMILES string of the molecule is N[C@H](C[C@@H](Cc1ccc(Cl)cc1)C(=O)O)C(=O)O. The van der Waals surface area contributed by atoms with Crippen molar-refractivity contribution in [2.24, 2.45) is 11.7 Å². The Morgan fingerprint density at radius 2 is 1.72 bits per heavy atom. The van der Waals surface area contributed by atoms with Crippen molar-refractivity contribution in [1.29, 1.82) is 0 Å². The van der Waals surface area contributed by atoms with Crippen LogP contribution in [0.15, 0.2) is 24.3 Å². The molecule has 0 radical (unpaired) electrons. The molecule has 4 N–H and O–H groups in total. The van der Waals surface area contributed by atoms with Crippen molar-refractivity contribution >= 4 is 23.5 Å². The second-order valence-corrected chi connectivity index (χ2v) is 4.48. The highest BCUT2D eigenvalue weighted by atomic mass is 35.5. The van der Waals surface area contributed by atoms with E-state index in [1.54, 1.807) is 24.3 Å². The van der Waals surface area contributed by atoms with E-state index in [-0.39, 0.29) is 12.8 Å². The normalized spacial score (nSPS) is 13.9. The molecule has 0 unspecified atom stereocenters. The minimum atomic E-state index is -1.20. The molecule has 98 valence electrons. The van der Waals surface area contributed by atoms with Crippen molar-refractivity contribution < 1.29 is 19.8 Å². The molecule has 0 saturated carbocycles. The quantitative estimate of drug-likeness (QED) is 0.726. The summed E-state index contributed by atoms with van der Waals surface area (Å²) in [5.41, 5.74) is 6.13. The maximum Gasteiger partial charge on any atom is 0.320 e. The number of rotatable bonds is 6. The molecule has 0 saturated heterocycles. The topological polar surface area (TPSA) is 101 Å². The van der Waals surface area contributed by atoms with Gasteiger partial charge in [0.15, 0.2) is 0 Å². The van der Waals surface area contributed by atoms with Crippen LogP contribution < -0.4 is 5.73 Å². The Hall–Kier alpha value is -1.59. The Kier molecular flexibility index (Phi) is 5.12. The van der Waals surface area contributed by atoms with Crippen LogP contribution in [-0.4, -0.2) is 28.2 Å². The number of hydrogen-bond donors (Lipinski definition) is 3. The molecule has 0 aliphatic rings. The summed E-state index contributed by atoms with van der Waals surface area (Å²) in [5, 5.41) is 18.3. The summed E-state index contributed by atoms with van der Waals surface area (Å²) in [6.45, 7) is 0. The van der Waals surface area contributed by atoms with Gasteiger partial charge in [-0.15, -0.1) is 0 Å². The van der Waals surface area contributed by atoms with Gasteiger partial charge in [-0.1, -0.05) is 23.7 Å². The molecule has 6 heteroatoms. The van der Waals surface area contributed by atoms with Crippen LogP contribution in [0.4, 0.5) is 0 Å². The molecule has 0 aliphatic heterocycles. The van der Waals surface area contributed by atoms with E-state index in [2.05, 4.69) is 0 Å². The number of nitrogens with two attached hydrogens (primary N) is 1. The molecule has 1 aromatic rings. The van der Waals surface area contributed by atoms with Gasteiger partial charge in [0.1, 0.15) is 6.04 Å². The van der Waals surface area contributed by atoms with Crippen molar-refractivity contribution in [2.45, 2.75) is 18.9 Å². The van der Waals surface area contributed by atoms with E-state index < -0.39 is 23.9 Å². The number of hydrogen-bond acceptors (Lipinski definition) is 3. The Morgan fingerprint density at radius 1 is 1.17 bits per heavy atom. The average Bonchev–Trinajstić information content (AvgIpc) is 2.30. The van der Waals surface area contributed by atoms with Crippen LogP contribution in [0.5, 0.6) is 0 Å². The van der Waals surface area contributed by atoms with Gasteiger partial charge in [0.25, 0.3) is 0 Å². The summed E-state index contributed by atoms with van der Waals surface area (Å²) >= 11 is 5.72. The van der Waals surface area contributed by atoms with Gasteiger partial charge in [0.2, 0.25) is 0 Å². The van der Waals surface area contributed by atoms with E-state index in [0.29, 0.717) is 5.02 Å². The zero-order valence-electron chi connectivity index (χ0n) is 9.54. The third-order valence-corrected chi connectivity index (χ3v) is 2.85. The lowest BCUT2D eigenvalue weighted by Gasteiger charge is -2.14. The summed E-state index contributed by atoms with van der Waals surface area (Å²) in [7, 11) is 0. The molecule has 0 aliphatic carbocycles. The van der Waals surface area contributed by atoms with Crippen LogP contribution in [0.2, 0.25) is 5.02 Å². The van der Waals surface area contributed by atoms with Gasteiger partial charge in [-0.05, 0) is 30.5 Å². The van der Waals surface area contributed by atoms with Crippen molar-refractivity contribution in [3.8, 4) is 0 Å². The predicted octanol–water partition coefficient (Wildman–Crippen LogP) is 1.39. The van der Waals surface area contributed by atoms with Gasteiger partial charge in [-0.3, -0.25) is 9.59 Å². The fraction of sp³-hybridized carbons (Fsp3) is 0.333. The molecule has 0 amide bonds. The number of carboxylic acids is 2. The molecule has 0 heterocycles. The second-order valence-electron chi connectivity index (χ2n) is 4.05. The third-order valence-electron chi connectivity index (χ3n) is 2.60. The molecule has 1 rings (SSSR count). The Morgan fingerprint density at radius 3 is 2.17 bits per heavy atom. The number of aliphatic carboxylic acids is 2. The predicted molar refractivity (Wildman–Crippen MR) is 66.5 cm³/mol. The first-order chi connectivity index (χ1) is 8.40. The van der Waals surface area contributed by atoms with Crippen LogP contribution in [-0.2, 0) is 16.0 Å². The van der Waals surface area contributed by atoms with E-state index >= 15 is 0 Å². The summed E-state index contributed by atoms with van der Waals surface area (Å²) in [5.74, 6) is -3.07.